The summed E-state index contributed by atoms with van der Waals surface area (Å²) in [6, 6.07) is 1.66. The number of amides is 1. The summed E-state index contributed by atoms with van der Waals surface area (Å²) in [5.41, 5.74) is 5.32. The maximum Gasteiger partial charge on any atom is 0.411 e. The first-order chi connectivity index (χ1) is 7.89. The molecule has 2 N–H and O–H groups in total. The topological polar surface area (TPSA) is 79.3 Å². The molecule has 2 atom stereocenters. The molecule has 96 valence electrons. The number of nitriles is 1. The molecule has 17 heavy (non-hydrogen) atoms. The van der Waals surface area contributed by atoms with Crippen LogP contribution in [0.1, 0.15) is 40.0 Å². The Hall–Kier alpha value is -1.28. The molecule has 5 nitrogen and oxygen atoms in total. The molecule has 1 fully saturated rings. The summed E-state index contributed by atoms with van der Waals surface area (Å²) in [7, 11) is 0. The summed E-state index contributed by atoms with van der Waals surface area (Å²) in [6.07, 6.45) is 1.70. The normalized spacial score (nSPS) is 25.2. The summed E-state index contributed by atoms with van der Waals surface area (Å²) in [4.78, 5) is 13.4. The average Bonchev–Trinajstić information content (AvgIpc) is 2.28. The van der Waals surface area contributed by atoms with E-state index in [0.717, 1.165) is 12.8 Å². The molecule has 0 radical (unpaired) electrons. The van der Waals surface area contributed by atoms with Gasteiger partial charge in [-0.2, -0.15) is 5.26 Å². The lowest BCUT2D eigenvalue weighted by Crippen LogP contribution is -2.52. The van der Waals surface area contributed by atoms with Gasteiger partial charge in [-0.1, -0.05) is 6.92 Å². The van der Waals surface area contributed by atoms with E-state index in [2.05, 4.69) is 6.07 Å². The summed E-state index contributed by atoms with van der Waals surface area (Å²) in [5, 5.41) is 9.01. The predicted molar refractivity (Wildman–Crippen MR) is 64.2 cm³/mol. The molecule has 0 aromatic heterocycles. The molecule has 2 unspecified atom stereocenters. The highest BCUT2D eigenvalue weighted by Gasteiger charge is 2.33. The van der Waals surface area contributed by atoms with Crippen molar-refractivity contribution in [3.05, 3.63) is 0 Å². The third-order valence-electron chi connectivity index (χ3n) is 3.22. The van der Waals surface area contributed by atoms with E-state index >= 15 is 0 Å². The minimum Gasteiger partial charge on any atom is -0.443 e. The maximum absolute atomic E-state index is 12.0. The van der Waals surface area contributed by atoms with E-state index in [1.165, 1.54) is 4.90 Å². The molecule has 1 aliphatic heterocycles. The standard InChI is InChI=1S/C12H21N3O2/c1-4-12(2,3)17-11(16)15-8-9(14)5-6-10(15)7-13/h9-10H,4-6,8,14H2,1-3H3. The average molecular weight is 239 g/mol. The number of carbonyl (C=O) groups is 1. The first kappa shape index (κ1) is 13.8. The van der Waals surface area contributed by atoms with Crippen LogP contribution in [0.25, 0.3) is 0 Å². The zero-order chi connectivity index (χ0) is 13.1. The monoisotopic (exact) mass is 239 g/mol. The highest BCUT2D eigenvalue weighted by atomic mass is 16.6. The Morgan fingerprint density at radius 3 is 2.76 bits per heavy atom. The van der Waals surface area contributed by atoms with E-state index in [1.54, 1.807) is 0 Å². The number of rotatable bonds is 2. The van der Waals surface area contributed by atoms with E-state index in [4.69, 9.17) is 15.7 Å². The van der Waals surface area contributed by atoms with Crippen molar-refractivity contribution in [2.45, 2.75) is 57.7 Å². The molecular weight excluding hydrogens is 218 g/mol. The van der Waals surface area contributed by atoms with Crippen LogP contribution < -0.4 is 5.73 Å². The number of nitrogens with zero attached hydrogens (tertiary/aromatic N) is 2. The Morgan fingerprint density at radius 1 is 1.59 bits per heavy atom. The van der Waals surface area contributed by atoms with Crippen LogP contribution in [-0.2, 0) is 4.74 Å². The zero-order valence-corrected chi connectivity index (χ0v) is 10.8. The van der Waals surface area contributed by atoms with Crippen molar-refractivity contribution in [3.8, 4) is 6.07 Å². The lowest BCUT2D eigenvalue weighted by Gasteiger charge is -2.36. The number of piperidine rings is 1. The minimum absolute atomic E-state index is 0.0584. The Kier molecular flexibility index (Phi) is 4.35. The first-order valence-electron chi connectivity index (χ1n) is 6.04. The molecule has 1 heterocycles. The zero-order valence-electron chi connectivity index (χ0n) is 10.8. The predicted octanol–water partition coefficient (Wildman–Crippen LogP) is 1.63. The lowest BCUT2D eigenvalue weighted by molar-refractivity contribution is 0.00162. The van der Waals surface area contributed by atoms with Crippen LogP contribution in [-0.4, -0.2) is 35.2 Å². The van der Waals surface area contributed by atoms with E-state index in [0.29, 0.717) is 13.0 Å². The van der Waals surface area contributed by atoms with Gasteiger partial charge in [-0.3, -0.25) is 4.90 Å². The van der Waals surface area contributed by atoms with E-state index in [1.807, 2.05) is 20.8 Å². The SMILES string of the molecule is CCC(C)(C)OC(=O)N1CC(N)CCC1C#N. The van der Waals surface area contributed by atoms with Gasteiger partial charge in [0.25, 0.3) is 0 Å². The molecule has 0 spiro atoms. The number of likely N-dealkylation sites (tertiary alicyclic amines) is 1. The third kappa shape index (κ3) is 3.60. The fraction of sp³-hybridized carbons (Fsp3) is 0.833. The second-order valence-corrected chi connectivity index (χ2v) is 5.12. The van der Waals surface area contributed by atoms with Gasteiger partial charge in [-0.15, -0.1) is 0 Å². The molecule has 0 saturated carbocycles. The quantitative estimate of drug-likeness (QED) is 0.794. The van der Waals surface area contributed by atoms with Gasteiger partial charge >= 0.3 is 6.09 Å². The van der Waals surface area contributed by atoms with Crippen molar-refractivity contribution in [2.24, 2.45) is 5.73 Å². The van der Waals surface area contributed by atoms with Crippen LogP contribution in [0.2, 0.25) is 0 Å². The highest BCUT2D eigenvalue weighted by Crippen LogP contribution is 2.21. The molecule has 0 bridgehead atoms. The van der Waals surface area contributed by atoms with Gasteiger partial charge in [0.2, 0.25) is 0 Å². The van der Waals surface area contributed by atoms with Crippen molar-refractivity contribution in [1.29, 1.82) is 5.26 Å². The van der Waals surface area contributed by atoms with E-state index in [-0.39, 0.29) is 6.04 Å². The van der Waals surface area contributed by atoms with Gasteiger partial charge < -0.3 is 10.5 Å². The second-order valence-electron chi connectivity index (χ2n) is 5.12. The molecule has 0 aromatic rings. The Labute approximate surface area is 103 Å². The fourth-order valence-corrected chi connectivity index (χ4v) is 1.70. The summed E-state index contributed by atoms with van der Waals surface area (Å²) in [5.74, 6) is 0. The van der Waals surface area contributed by atoms with Gasteiger partial charge in [0.05, 0.1) is 6.07 Å². The Bertz CT molecular complexity index is 322. The molecular formula is C12H21N3O2. The Balaban J connectivity index is 2.69. The highest BCUT2D eigenvalue weighted by molar-refractivity contribution is 5.69. The molecule has 0 aromatic carbocycles. The van der Waals surface area contributed by atoms with Crippen LogP contribution in [0.3, 0.4) is 0 Å². The van der Waals surface area contributed by atoms with Crippen molar-refractivity contribution in [1.82, 2.24) is 4.90 Å². The number of nitrogens with two attached hydrogens (primary N) is 1. The lowest BCUT2D eigenvalue weighted by atomic mass is 10.0. The fourth-order valence-electron chi connectivity index (χ4n) is 1.70. The summed E-state index contributed by atoms with van der Waals surface area (Å²) >= 11 is 0. The van der Waals surface area contributed by atoms with Crippen LogP contribution >= 0.6 is 0 Å². The molecule has 1 saturated heterocycles. The number of hydrogen-bond acceptors (Lipinski definition) is 4. The van der Waals surface area contributed by atoms with Crippen molar-refractivity contribution < 1.29 is 9.53 Å². The van der Waals surface area contributed by atoms with Gasteiger partial charge in [0, 0.05) is 12.6 Å². The molecule has 1 rings (SSSR count). The smallest absolute Gasteiger partial charge is 0.411 e. The maximum atomic E-state index is 12.0. The van der Waals surface area contributed by atoms with Gasteiger partial charge in [0.1, 0.15) is 11.6 Å². The van der Waals surface area contributed by atoms with Crippen molar-refractivity contribution >= 4 is 6.09 Å². The summed E-state index contributed by atoms with van der Waals surface area (Å²) < 4.78 is 5.39. The van der Waals surface area contributed by atoms with Crippen molar-refractivity contribution in [2.75, 3.05) is 6.54 Å². The molecule has 0 aliphatic carbocycles. The summed E-state index contributed by atoms with van der Waals surface area (Å²) in [6.45, 7) is 6.07. The van der Waals surface area contributed by atoms with Gasteiger partial charge in [-0.05, 0) is 33.1 Å². The number of hydrogen-bond donors (Lipinski definition) is 1. The van der Waals surface area contributed by atoms with Gasteiger partial charge in [0.15, 0.2) is 0 Å². The first-order valence-corrected chi connectivity index (χ1v) is 6.04. The van der Waals surface area contributed by atoms with Gasteiger partial charge in [-0.25, -0.2) is 4.79 Å². The Morgan fingerprint density at radius 2 is 2.24 bits per heavy atom. The molecule has 1 amide bonds. The second kappa shape index (κ2) is 5.37. The largest absolute Gasteiger partial charge is 0.443 e. The van der Waals surface area contributed by atoms with Crippen LogP contribution in [0, 0.1) is 11.3 Å². The molecule has 1 aliphatic rings. The van der Waals surface area contributed by atoms with E-state index < -0.39 is 17.7 Å². The number of ether oxygens (including phenoxy) is 1. The molecule has 5 heteroatoms. The van der Waals surface area contributed by atoms with Crippen LogP contribution in [0.4, 0.5) is 4.79 Å². The van der Waals surface area contributed by atoms with Crippen LogP contribution in [0.5, 0.6) is 0 Å². The van der Waals surface area contributed by atoms with Crippen molar-refractivity contribution in [3.63, 3.8) is 0 Å². The minimum atomic E-state index is -0.501. The van der Waals surface area contributed by atoms with Crippen LogP contribution in [0.15, 0.2) is 0 Å². The third-order valence-corrected chi connectivity index (χ3v) is 3.22. The van der Waals surface area contributed by atoms with E-state index in [9.17, 15) is 4.79 Å². The number of carbonyl (C=O) groups excluding carboxylic acids is 1.